The molecule has 2 heterocycles. The molecule has 0 spiro atoms. The molecule has 2 N–H and O–H groups in total. The SMILES string of the molecule is CCCNC(=O)CCCCC[N+]1=C(C=CC=CC=C2N(CC)C3=C(CC(S(=O)(=O)O)C=C3)C2(C)C)C(C)(C)c2ccccc21. The second-order valence-corrected chi connectivity index (χ2v) is 14.6. The molecule has 2 aliphatic heterocycles. The van der Waals surface area contributed by atoms with E-state index in [1.165, 1.54) is 17.0 Å². The van der Waals surface area contributed by atoms with E-state index < -0.39 is 15.4 Å². The van der Waals surface area contributed by atoms with Gasteiger partial charge in [-0.25, -0.2) is 0 Å². The molecule has 1 aromatic carbocycles. The lowest BCUT2D eigenvalue weighted by molar-refractivity contribution is -0.438. The average Bonchev–Trinajstić information content (AvgIpc) is 3.33. The van der Waals surface area contributed by atoms with E-state index in [4.69, 9.17) is 0 Å². The Morgan fingerprint density at radius 1 is 1.07 bits per heavy atom. The summed E-state index contributed by atoms with van der Waals surface area (Å²) in [6, 6.07) is 8.63. The van der Waals surface area contributed by atoms with Crippen LogP contribution in [-0.2, 0) is 20.3 Å². The standard InChI is InChI=1S/C36H49N3O4S/c1-7-24-37-34(40)21-13-10-16-25-39-30-18-15-14-17-28(30)35(3,4)33(39)20-12-9-11-19-32-36(5,6)29-26-27(44(41,42)43)22-23-31(29)38(32)8-2/h9,11-12,14-15,17-20,22-23,27H,7-8,10,13,16,21,24-26H2,1-6H3,(H-,37,40,41,42,43)/p+1. The molecule has 238 valence electrons. The fourth-order valence-electron chi connectivity index (χ4n) is 6.79. The zero-order valence-electron chi connectivity index (χ0n) is 27.3. The molecule has 1 aliphatic carbocycles. The lowest BCUT2D eigenvalue weighted by Crippen LogP contribution is -2.28. The van der Waals surface area contributed by atoms with Crippen molar-refractivity contribution in [3.8, 4) is 0 Å². The van der Waals surface area contributed by atoms with Crippen molar-refractivity contribution >= 4 is 27.4 Å². The molecule has 0 saturated heterocycles. The minimum absolute atomic E-state index is 0.134. The molecule has 3 aliphatic rings. The topological polar surface area (TPSA) is 89.7 Å². The number of rotatable bonds is 13. The average molecular weight is 621 g/mol. The second-order valence-electron chi connectivity index (χ2n) is 13.0. The number of unbranched alkanes of at least 4 members (excludes halogenated alkanes) is 2. The van der Waals surface area contributed by atoms with Gasteiger partial charge in [0.2, 0.25) is 11.6 Å². The molecule has 1 atom stereocenters. The van der Waals surface area contributed by atoms with Crippen LogP contribution in [0.25, 0.3) is 0 Å². The lowest BCUT2D eigenvalue weighted by atomic mass is 9.79. The Hall–Kier alpha value is -3.23. The van der Waals surface area contributed by atoms with Gasteiger partial charge in [0, 0.05) is 60.4 Å². The fourth-order valence-corrected chi connectivity index (χ4v) is 7.45. The molecule has 4 rings (SSSR count). The molecule has 0 radical (unpaired) electrons. The summed E-state index contributed by atoms with van der Waals surface area (Å²) in [6.45, 7) is 15.4. The zero-order valence-corrected chi connectivity index (χ0v) is 28.1. The molecule has 0 bridgehead atoms. The highest BCUT2D eigenvalue weighted by atomic mass is 32.2. The van der Waals surface area contributed by atoms with Crippen molar-refractivity contribution in [3.05, 3.63) is 89.3 Å². The van der Waals surface area contributed by atoms with E-state index in [1.807, 2.05) is 6.08 Å². The van der Waals surface area contributed by atoms with Crippen molar-refractivity contribution in [2.24, 2.45) is 5.41 Å². The second kappa shape index (κ2) is 13.8. The Balaban J connectivity index is 1.50. The number of nitrogens with one attached hydrogen (secondary N) is 1. The van der Waals surface area contributed by atoms with E-state index in [9.17, 15) is 17.8 Å². The van der Waals surface area contributed by atoms with Crippen LogP contribution in [0.5, 0.6) is 0 Å². The number of amides is 1. The van der Waals surface area contributed by atoms with Crippen LogP contribution in [0.1, 0.15) is 85.6 Å². The number of benzene rings is 1. The van der Waals surface area contributed by atoms with Crippen LogP contribution in [0.3, 0.4) is 0 Å². The van der Waals surface area contributed by atoms with Gasteiger partial charge in [0.25, 0.3) is 10.1 Å². The number of carbonyl (C=O) groups excluding carboxylic acids is 1. The first-order valence-corrected chi connectivity index (χ1v) is 17.6. The highest BCUT2D eigenvalue weighted by Gasteiger charge is 2.45. The summed E-state index contributed by atoms with van der Waals surface area (Å²) in [6.07, 6.45) is 18.8. The van der Waals surface area contributed by atoms with Gasteiger partial charge in [0.05, 0.1) is 5.41 Å². The summed E-state index contributed by atoms with van der Waals surface area (Å²) in [5.41, 5.74) is 6.53. The van der Waals surface area contributed by atoms with Crippen molar-refractivity contribution in [2.45, 2.75) is 90.7 Å². The van der Waals surface area contributed by atoms with Gasteiger partial charge in [-0.2, -0.15) is 13.0 Å². The third-order valence-corrected chi connectivity index (χ3v) is 10.3. The number of fused-ring (bicyclic) bond motifs is 1. The van der Waals surface area contributed by atoms with Crippen molar-refractivity contribution in [3.63, 3.8) is 0 Å². The van der Waals surface area contributed by atoms with Gasteiger partial charge in [0.1, 0.15) is 11.8 Å². The lowest BCUT2D eigenvalue weighted by Gasteiger charge is -2.28. The summed E-state index contributed by atoms with van der Waals surface area (Å²) in [5.74, 6) is 0.147. The summed E-state index contributed by atoms with van der Waals surface area (Å²) >= 11 is 0. The number of hydrogen-bond donors (Lipinski definition) is 2. The van der Waals surface area contributed by atoms with Gasteiger partial charge in [-0.05, 0) is 64.2 Å². The smallest absolute Gasteiger partial charge is 0.271 e. The number of likely N-dealkylation sites (N-methyl/N-ethyl adjacent to an activating group) is 1. The first-order chi connectivity index (χ1) is 20.8. The normalized spacial score (nSPS) is 21.7. The van der Waals surface area contributed by atoms with Crippen LogP contribution in [-0.4, -0.2) is 58.9 Å². The van der Waals surface area contributed by atoms with Gasteiger partial charge in [-0.3, -0.25) is 9.35 Å². The summed E-state index contributed by atoms with van der Waals surface area (Å²) < 4.78 is 35.8. The van der Waals surface area contributed by atoms with E-state index in [-0.39, 0.29) is 16.7 Å². The van der Waals surface area contributed by atoms with Gasteiger partial charge in [-0.15, -0.1) is 0 Å². The predicted molar refractivity (Wildman–Crippen MR) is 180 cm³/mol. The minimum atomic E-state index is -4.14. The molecule has 1 unspecified atom stereocenters. The summed E-state index contributed by atoms with van der Waals surface area (Å²) in [7, 11) is -4.14. The molecule has 44 heavy (non-hydrogen) atoms. The first-order valence-electron chi connectivity index (χ1n) is 16.1. The van der Waals surface area contributed by atoms with Gasteiger partial charge in [-0.1, -0.05) is 63.3 Å². The number of para-hydroxylation sites is 1. The molecular weight excluding hydrogens is 570 g/mol. The van der Waals surface area contributed by atoms with Crippen LogP contribution in [0.2, 0.25) is 0 Å². The predicted octanol–water partition coefficient (Wildman–Crippen LogP) is 6.98. The highest BCUT2D eigenvalue weighted by Crippen LogP contribution is 2.51. The molecule has 1 aromatic rings. The molecule has 0 saturated carbocycles. The van der Waals surface area contributed by atoms with E-state index in [2.05, 4.69) is 111 Å². The summed E-state index contributed by atoms with van der Waals surface area (Å²) in [4.78, 5) is 14.2. The fraction of sp³-hybridized carbons (Fsp3) is 0.500. The third kappa shape index (κ3) is 7.02. The molecule has 0 aromatic heterocycles. The van der Waals surface area contributed by atoms with Crippen molar-refractivity contribution in [1.82, 2.24) is 10.2 Å². The van der Waals surface area contributed by atoms with Crippen LogP contribution in [0.15, 0.2) is 83.8 Å². The van der Waals surface area contributed by atoms with E-state index >= 15 is 0 Å². The molecule has 1 amide bonds. The quantitative estimate of drug-likeness (QED) is 0.108. The Bertz CT molecular complexity index is 1540. The minimum Gasteiger partial charge on any atom is -0.356 e. The van der Waals surface area contributed by atoms with Crippen molar-refractivity contribution in [2.75, 3.05) is 19.6 Å². The maximum atomic E-state index is 12.0. The van der Waals surface area contributed by atoms with Crippen molar-refractivity contribution < 1.29 is 22.3 Å². The number of hydrogen-bond acceptors (Lipinski definition) is 4. The van der Waals surface area contributed by atoms with Gasteiger partial charge in [0.15, 0.2) is 5.71 Å². The van der Waals surface area contributed by atoms with Crippen molar-refractivity contribution in [1.29, 1.82) is 0 Å². The molecule has 7 nitrogen and oxygen atoms in total. The Labute approximate surface area is 264 Å². The van der Waals surface area contributed by atoms with Crippen LogP contribution in [0, 0.1) is 5.41 Å². The molecular formula is C36H50N3O4S+. The Morgan fingerprint density at radius 3 is 2.52 bits per heavy atom. The number of nitrogens with zero attached hydrogens (tertiary/aromatic N) is 2. The van der Waals surface area contributed by atoms with Crippen LogP contribution in [0.4, 0.5) is 5.69 Å². The van der Waals surface area contributed by atoms with E-state index in [0.29, 0.717) is 12.8 Å². The molecule has 8 heteroatoms. The maximum Gasteiger partial charge on any atom is 0.271 e. The Morgan fingerprint density at radius 2 is 1.82 bits per heavy atom. The Kier molecular flexibility index (Phi) is 10.6. The van der Waals surface area contributed by atoms with E-state index in [0.717, 1.165) is 62.3 Å². The molecule has 0 fully saturated rings. The van der Waals surface area contributed by atoms with Crippen LogP contribution < -0.4 is 5.32 Å². The largest absolute Gasteiger partial charge is 0.356 e. The summed E-state index contributed by atoms with van der Waals surface area (Å²) in [5, 5.41) is 2.06. The third-order valence-electron chi connectivity index (χ3n) is 9.25. The highest BCUT2D eigenvalue weighted by molar-refractivity contribution is 7.86. The monoisotopic (exact) mass is 620 g/mol. The van der Waals surface area contributed by atoms with Crippen LogP contribution >= 0.6 is 0 Å². The first kappa shape index (κ1) is 33.7. The maximum absolute atomic E-state index is 12.0. The van der Waals surface area contributed by atoms with Gasteiger partial charge < -0.3 is 10.2 Å². The van der Waals surface area contributed by atoms with E-state index in [1.54, 1.807) is 6.08 Å². The number of allylic oxidation sites excluding steroid dienone is 7. The zero-order chi connectivity index (χ0) is 32.1. The van der Waals surface area contributed by atoms with Gasteiger partial charge >= 0.3 is 0 Å². The number of carbonyl (C=O) groups is 1.